The highest BCUT2D eigenvalue weighted by Gasteiger charge is 2.43. The largest absolute Gasteiger partial charge is 0.421 e. The van der Waals surface area contributed by atoms with Crippen molar-refractivity contribution in [3.63, 3.8) is 0 Å². The first-order valence-electron chi connectivity index (χ1n) is 9.76. The summed E-state index contributed by atoms with van der Waals surface area (Å²) in [6.45, 7) is 1.30. The number of hydrogen-bond donors (Lipinski definition) is 1. The van der Waals surface area contributed by atoms with Crippen LogP contribution in [0.4, 0.5) is 13.2 Å². The van der Waals surface area contributed by atoms with Gasteiger partial charge >= 0.3 is 6.18 Å². The van der Waals surface area contributed by atoms with E-state index in [1.807, 2.05) is 0 Å². The molecule has 0 saturated heterocycles. The van der Waals surface area contributed by atoms with Gasteiger partial charge < -0.3 is 5.32 Å². The third kappa shape index (κ3) is 4.02. The van der Waals surface area contributed by atoms with E-state index in [0.29, 0.717) is 11.1 Å². The molecule has 0 spiro atoms. The van der Waals surface area contributed by atoms with Gasteiger partial charge in [0.25, 0.3) is 5.91 Å². The van der Waals surface area contributed by atoms with Crippen LogP contribution in [0.1, 0.15) is 34.5 Å². The summed E-state index contributed by atoms with van der Waals surface area (Å²) in [6, 6.07) is 4.85. The second-order valence-electron chi connectivity index (χ2n) is 7.77. The molecule has 2 aromatic heterocycles. The zero-order valence-corrected chi connectivity index (χ0v) is 18.3. The zero-order valence-electron chi connectivity index (χ0n) is 17.5. The molecular formula is C21H20ClF3N6O. The predicted molar refractivity (Wildman–Crippen MR) is 114 cm³/mol. The number of amides is 1. The van der Waals surface area contributed by atoms with Crippen LogP contribution < -0.4 is 5.32 Å². The first-order chi connectivity index (χ1) is 15.0. The molecule has 1 aliphatic rings. The summed E-state index contributed by atoms with van der Waals surface area (Å²) in [6.07, 6.45) is 1.62. The molecule has 1 amide bonds. The molecule has 3 aromatic rings. The lowest BCUT2D eigenvalue weighted by Gasteiger charge is -2.13. The van der Waals surface area contributed by atoms with Gasteiger partial charge in [-0.25, -0.2) is 4.68 Å². The lowest BCUT2D eigenvalue weighted by Crippen LogP contribution is -2.38. The Labute approximate surface area is 186 Å². The van der Waals surface area contributed by atoms with Gasteiger partial charge in [-0.15, -0.1) is 0 Å². The molecule has 1 aliphatic carbocycles. The monoisotopic (exact) mass is 464 g/mol. The Balaban J connectivity index is 1.68. The van der Waals surface area contributed by atoms with Crippen molar-refractivity contribution < 1.29 is 18.0 Å². The zero-order chi connectivity index (χ0) is 23.3. The van der Waals surface area contributed by atoms with Crippen molar-refractivity contribution in [2.75, 3.05) is 7.05 Å². The standard InChI is InChI=1S/C21H20ClF3N6O/c1-12-17(21(23,24)25)19(30(3)29-12)31-10-14(9-27-31)13-4-5-16(22)15(8-13)18(32)28-20(6-7-20)11-26-2/h4-5,8-11H,6-7H2,1-3H3,(H,28,32)/b26-11+. The van der Waals surface area contributed by atoms with Crippen molar-refractivity contribution in [2.45, 2.75) is 31.5 Å². The number of nitrogens with one attached hydrogen (secondary N) is 1. The van der Waals surface area contributed by atoms with Gasteiger partial charge in [0, 0.05) is 32.1 Å². The van der Waals surface area contributed by atoms with E-state index >= 15 is 0 Å². The Bertz CT molecular complexity index is 1220. The number of benzene rings is 1. The van der Waals surface area contributed by atoms with Crippen molar-refractivity contribution in [3.05, 3.63) is 52.4 Å². The minimum atomic E-state index is -4.58. The van der Waals surface area contributed by atoms with E-state index in [1.54, 1.807) is 31.5 Å². The molecule has 32 heavy (non-hydrogen) atoms. The number of carbonyl (C=O) groups is 1. The van der Waals surface area contributed by atoms with Gasteiger partial charge in [-0.1, -0.05) is 17.7 Å². The lowest BCUT2D eigenvalue weighted by atomic mass is 10.1. The fourth-order valence-corrected chi connectivity index (χ4v) is 3.87. The van der Waals surface area contributed by atoms with Crippen LogP contribution in [0, 0.1) is 6.92 Å². The Kier molecular flexibility index (Phi) is 5.36. The normalized spacial score (nSPS) is 15.3. The summed E-state index contributed by atoms with van der Waals surface area (Å²) in [4.78, 5) is 16.8. The molecule has 0 unspecified atom stereocenters. The summed E-state index contributed by atoms with van der Waals surface area (Å²) in [7, 11) is 3.07. The highest BCUT2D eigenvalue weighted by atomic mass is 35.5. The molecule has 1 fully saturated rings. The third-order valence-electron chi connectivity index (χ3n) is 5.35. The number of aliphatic imine (C=N–C) groups is 1. The number of rotatable bonds is 5. The van der Waals surface area contributed by atoms with Crippen LogP contribution in [0.5, 0.6) is 0 Å². The van der Waals surface area contributed by atoms with E-state index in [9.17, 15) is 18.0 Å². The maximum atomic E-state index is 13.6. The summed E-state index contributed by atoms with van der Waals surface area (Å²) in [5.41, 5.74) is -0.0481. The average molecular weight is 465 g/mol. The highest BCUT2D eigenvalue weighted by Crippen LogP contribution is 2.37. The van der Waals surface area contributed by atoms with Gasteiger partial charge in [0.05, 0.1) is 28.0 Å². The number of halogens is 4. The highest BCUT2D eigenvalue weighted by molar-refractivity contribution is 6.34. The van der Waals surface area contributed by atoms with Crippen molar-refractivity contribution in [1.29, 1.82) is 0 Å². The van der Waals surface area contributed by atoms with Crippen molar-refractivity contribution in [1.82, 2.24) is 24.9 Å². The first kappa shape index (κ1) is 22.1. The molecule has 2 heterocycles. The number of carbonyl (C=O) groups excluding carboxylic acids is 1. The van der Waals surface area contributed by atoms with E-state index in [2.05, 4.69) is 20.5 Å². The van der Waals surface area contributed by atoms with E-state index in [1.165, 1.54) is 26.4 Å². The Morgan fingerprint density at radius 2 is 2.03 bits per heavy atom. The molecule has 11 heteroatoms. The number of alkyl halides is 3. The number of nitrogens with zero attached hydrogens (tertiary/aromatic N) is 5. The summed E-state index contributed by atoms with van der Waals surface area (Å²) < 4.78 is 42.9. The molecule has 168 valence electrons. The molecule has 0 radical (unpaired) electrons. The first-order valence-corrected chi connectivity index (χ1v) is 10.1. The molecule has 7 nitrogen and oxygen atoms in total. The van der Waals surface area contributed by atoms with Gasteiger partial charge in [0.1, 0.15) is 5.56 Å². The average Bonchev–Trinajstić information content (AvgIpc) is 3.14. The van der Waals surface area contributed by atoms with Gasteiger partial charge in [-0.3, -0.25) is 14.5 Å². The maximum absolute atomic E-state index is 13.6. The molecule has 0 aliphatic heterocycles. The van der Waals surface area contributed by atoms with Gasteiger partial charge in [0.15, 0.2) is 5.82 Å². The molecule has 1 N–H and O–H groups in total. The second-order valence-corrected chi connectivity index (χ2v) is 8.18. The lowest BCUT2D eigenvalue weighted by molar-refractivity contribution is -0.138. The SMILES string of the molecule is C/N=C/C1(NC(=O)c2cc(-c3cnn(-c4c(C(F)(F)F)c(C)nn4C)c3)ccc2Cl)CC1. The Morgan fingerprint density at radius 1 is 1.31 bits per heavy atom. The van der Waals surface area contributed by atoms with Crippen LogP contribution in [-0.4, -0.2) is 44.3 Å². The molecule has 0 atom stereocenters. The van der Waals surface area contributed by atoms with Gasteiger partial charge in [-0.2, -0.15) is 23.4 Å². The number of hydrogen-bond acceptors (Lipinski definition) is 4. The van der Waals surface area contributed by atoms with Crippen molar-refractivity contribution in [3.8, 4) is 16.9 Å². The topological polar surface area (TPSA) is 77.1 Å². The minimum Gasteiger partial charge on any atom is -0.342 e. The van der Waals surface area contributed by atoms with Gasteiger partial charge in [-0.05, 0) is 37.5 Å². The fourth-order valence-electron chi connectivity index (χ4n) is 3.67. The third-order valence-corrected chi connectivity index (χ3v) is 5.68. The van der Waals surface area contributed by atoms with Gasteiger partial charge in [0.2, 0.25) is 0 Å². The Hall–Kier alpha value is -3.14. The Morgan fingerprint density at radius 3 is 2.66 bits per heavy atom. The predicted octanol–water partition coefficient (Wildman–Crippen LogP) is 4.22. The van der Waals surface area contributed by atoms with E-state index in [-0.39, 0.29) is 28.0 Å². The summed E-state index contributed by atoms with van der Waals surface area (Å²) >= 11 is 6.25. The van der Waals surface area contributed by atoms with Crippen LogP contribution in [0.25, 0.3) is 16.9 Å². The smallest absolute Gasteiger partial charge is 0.342 e. The van der Waals surface area contributed by atoms with Crippen LogP contribution in [0.3, 0.4) is 0 Å². The van der Waals surface area contributed by atoms with Crippen LogP contribution in [0.2, 0.25) is 5.02 Å². The summed E-state index contributed by atoms with van der Waals surface area (Å²) in [5.74, 6) is -0.536. The minimum absolute atomic E-state index is 0.137. The second kappa shape index (κ2) is 7.77. The molecule has 1 saturated carbocycles. The number of aromatic nitrogens is 4. The van der Waals surface area contributed by atoms with E-state index in [0.717, 1.165) is 22.2 Å². The van der Waals surface area contributed by atoms with Crippen molar-refractivity contribution in [2.24, 2.45) is 12.0 Å². The summed E-state index contributed by atoms with van der Waals surface area (Å²) in [5, 5.41) is 11.2. The maximum Gasteiger partial charge on any atom is 0.421 e. The molecule has 1 aromatic carbocycles. The van der Waals surface area contributed by atoms with E-state index in [4.69, 9.17) is 11.6 Å². The molecule has 4 rings (SSSR count). The van der Waals surface area contributed by atoms with Crippen LogP contribution in [-0.2, 0) is 13.2 Å². The van der Waals surface area contributed by atoms with Crippen LogP contribution >= 0.6 is 11.6 Å². The fraction of sp³-hybridized carbons (Fsp3) is 0.333. The quantitative estimate of drug-likeness (QED) is 0.574. The van der Waals surface area contributed by atoms with E-state index < -0.39 is 17.3 Å². The van der Waals surface area contributed by atoms with Crippen molar-refractivity contribution >= 4 is 23.7 Å². The molecular weight excluding hydrogens is 445 g/mol. The molecule has 0 bridgehead atoms. The number of aryl methyl sites for hydroxylation is 2. The van der Waals surface area contributed by atoms with Crippen LogP contribution in [0.15, 0.2) is 35.6 Å².